The van der Waals surface area contributed by atoms with Crippen molar-refractivity contribution in [2.45, 2.75) is 19.4 Å². The Hall–Kier alpha value is -1.68. The molecule has 1 atom stereocenters. The first-order valence-corrected chi connectivity index (χ1v) is 5.24. The van der Waals surface area contributed by atoms with Gasteiger partial charge in [0.05, 0.1) is 5.36 Å². The predicted molar refractivity (Wildman–Crippen MR) is 60.5 cm³/mol. The molecule has 0 aliphatic carbocycles. The Labute approximate surface area is 93.1 Å². The topological polar surface area (TPSA) is 75.7 Å². The van der Waals surface area contributed by atoms with Gasteiger partial charge in [0.25, 0.3) is 0 Å². The van der Waals surface area contributed by atoms with E-state index in [2.05, 4.69) is 4.99 Å². The molecule has 0 spiro atoms. The van der Waals surface area contributed by atoms with Crippen molar-refractivity contribution in [3.8, 4) is 0 Å². The molecular weight excluding hydrogens is 204 g/mol. The number of aliphatic carboxylic acids is 1. The van der Waals surface area contributed by atoms with Crippen LogP contribution >= 0.6 is 0 Å². The number of carboxylic acid groups (broad SMARTS) is 1. The molecule has 0 saturated carbocycles. The van der Waals surface area contributed by atoms with Crippen LogP contribution in [0.2, 0.25) is 0 Å². The van der Waals surface area contributed by atoms with Gasteiger partial charge in [-0.3, -0.25) is 4.99 Å². The zero-order valence-electron chi connectivity index (χ0n) is 9.10. The highest BCUT2D eigenvalue weighted by Crippen LogP contribution is 2.13. The molecule has 1 aliphatic heterocycles. The fourth-order valence-corrected chi connectivity index (χ4v) is 2.02. The zero-order chi connectivity index (χ0) is 11.7. The monoisotopic (exact) mass is 218 g/mol. The number of rotatable bonds is 3. The van der Waals surface area contributed by atoms with Gasteiger partial charge in [0, 0.05) is 5.22 Å². The molecule has 1 aliphatic rings. The Morgan fingerprint density at radius 1 is 1.56 bits per heavy atom. The summed E-state index contributed by atoms with van der Waals surface area (Å²) in [5.74, 6) is -0.905. The van der Waals surface area contributed by atoms with E-state index in [0.717, 1.165) is 21.7 Å². The Balaban J connectivity index is 2.66. The van der Waals surface area contributed by atoms with E-state index in [4.69, 9.17) is 10.8 Å². The molecule has 2 rings (SSSR count). The summed E-state index contributed by atoms with van der Waals surface area (Å²) in [6, 6.07) is 5.03. The number of carboxylic acids is 1. The predicted octanol–water partition coefficient (Wildman–Crippen LogP) is -0.419. The lowest BCUT2D eigenvalue weighted by molar-refractivity contribution is -0.137. The summed E-state index contributed by atoms with van der Waals surface area (Å²) < 4.78 is 0. The Morgan fingerprint density at radius 2 is 2.31 bits per heavy atom. The van der Waals surface area contributed by atoms with Gasteiger partial charge in [-0.1, -0.05) is 11.6 Å². The van der Waals surface area contributed by atoms with Crippen LogP contribution in [-0.2, 0) is 4.79 Å². The van der Waals surface area contributed by atoms with Crippen LogP contribution in [0.15, 0.2) is 23.2 Å². The largest absolute Gasteiger partial charge is 0.479 e. The lowest BCUT2D eigenvalue weighted by Crippen LogP contribution is -2.25. The molecule has 1 aromatic rings. The first kappa shape index (κ1) is 10.8. The molecule has 84 valence electrons. The number of hydrogen-bond donors (Lipinski definition) is 2. The minimum absolute atomic E-state index is 0.446. The molecule has 16 heavy (non-hydrogen) atoms. The van der Waals surface area contributed by atoms with Crippen molar-refractivity contribution >= 4 is 11.5 Å². The zero-order valence-corrected chi connectivity index (χ0v) is 9.10. The standard InChI is InChI=1S/C12H14N2O2/c1-7-2-3-10-9(6-7)8(4-5-13)11(14-10)12(15)16/h2-3,6,11H,4-5,13H2,1H3,(H,15,16)/t11-/m0/s1. The normalized spacial score (nSPS) is 18.1. The number of aryl methyl sites for hydroxylation is 1. The highest BCUT2D eigenvalue weighted by Gasteiger charge is 2.25. The highest BCUT2D eigenvalue weighted by atomic mass is 16.4. The maximum absolute atomic E-state index is 11.1. The summed E-state index contributed by atoms with van der Waals surface area (Å²) in [5.41, 5.74) is 7.44. The summed E-state index contributed by atoms with van der Waals surface area (Å²) in [6.45, 7) is 2.43. The molecule has 0 bridgehead atoms. The van der Waals surface area contributed by atoms with E-state index in [9.17, 15) is 4.79 Å². The minimum atomic E-state index is -0.905. The van der Waals surface area contributed by atoms with Crippen LogP contribution in [0.5, 0.6) is 0 Å². The molecule has 0 amide bonds. The molecule has 3 N–H and O–H groups in total. The third-order valence-electron chi connectivity index (χ3n) is 2.74. The smallest absolute Gasteiger partial charge is 0.332 e. The van der Waals surface area contributed by atoms with Gasteiger partial charge in [-0.2, -0.15) is 0 Å². The molecule has 4 nitrogen and oxygen atoms in total. The second-order valence-electron chi connectivity index (χ2n) is 3.95. The van der Waals surface area contributed by atoms with Crippen LogP contribution in [0.1, 0.15) is 12.0 Å². The molecular formula is C12H14N2O2. The van der Waals surface area contributed by atoms with Crippen molar-refractivity contribution in [2.24, 2.45) is 10.7 Å². The third kappa shape index (κ3) is 1.72. The van der Waals surface area contributed by atoms with E-state index in [0.29, 0.717) is 13.0 Å². The number of nitrogens with zero attached hydrogens (tertiary/aromatic N) is 1. The molecule has 0 aromatic heterocycles. The summed E-state index contributed by atoms with van der Waals surface area (Å²) in [7, 11) is 0. The summed E-state index contributed by atoms with van der Waals surface area (Å²) in [4.78, 5) is 15.3. The van der Waals surface area contributed by atoms with Crippen molar-refractivity contribution in [1.82, 2.24) is 0 Å². The first-order chi connectivity index (χ1) is 7.63. The van der Waals surface area contributed by atoms with Crippen LogP contribution in [0.4, 0.5) is 0 Å². The van der Waals surface area contributed by atoms with Crippen molar-refractivity contribution in [2.75, 3.05) is 6.54 Å². The van der Waals surface area contributed by atoms with Crippen LogP contribution in [0.25, 0.3) is 5.57 Å². The van der Waals surface area contributed by atoms with E-state index < -0.39 is 12.0 Å². The number of fused-ring (bicyclic) bond motifs is 1. The van der Waals surface area contributed by atoms with Crippen molar-refractivity contribution in [1.29, 1.82) is 0 Å². The fourth-order valence-electron chi connectivity index (χ4n) is 2.02. The lowest BCUT2D eigenvalue weighted by atomic mass is 10.0. The Morgan fingerprint density at radius 3 is 2.94 bits per heavy atom. The van der Waals surface area contributed by atoms with Crippen LogP contribution in [0.3, 0.4) is 0 Å². The average molecular weight is 218 g/mol. The quantitative estimate of drug-likeness (QED) is 0.723. The molecule has 0 unspecified atom stereocenters. The maximum atomic E-state index is 11.1. The van der Waals surface area contributed by atoms with Gasteiger partial charge in [0.15, 0.2) is 6.04 Å². The molecule has 1 heterocycles. The molecule has 0 saturated heterocycles. The number of nitrogens with two attached hydrogens (primary N) is 1. The van der Waals surface area contributed by atoms with Gasteiger partial charge in [0.2, 0.25) is 0 Å². The number of carbonyl (C=O) groups is 1. The highest BCUT2D eigenvalue weighted by molar-refractivity contribution is 5.87. The number of benzene rings is 1. The maximum Gasteiger partial charge on any atom is 0.332 e. The molecule has 4 heteroatoms. The summed E-state index contributed by atoms with van der Waals surface area (Å²) in [6.07, 6.45) is 0.580. The fraction of sp³-hybridized carbons (Fsp3) is 0.333. The number of hydrogen-bond acceptors (Lipinski definition) is 3. The molecule has 1 aromatic carbocycles. The van der Waals surface area contributed by atoms with Gasteiger partial charge in [-0.25, -0.2) is 4.79 Å². The van der Waals surface area contributed by atoms with Gasteiger partial charge >= 0.3 is 5.97 Å². The Bertz CT molecular complexity index is 549. The van der Waals surface area contributed by atoms with E-state index in [-0.39, 0.29) is 0 Å². The third-order valence-corrected chi connectivity index (χ3v) is 2.74. The SMILES string of the molecule is Cc1ccc2c(c1)=C(CCN)[C@@H](C(=O)O)N=2. The van der Waals surface area contributed by atoms with Gasteiger partial charge in [0.1, 0.15) is 0 Å². The van der Waals surface area contributed by atoms with Gasteiger partial charge < -0.3 is 10.8 Å². The van der Waals surface area contributed by atoms with E-state index in [1.807, 2.05) is 25.1 Å². The van der Waals surface area contributed by atoms with E-state index >= 15 is 0 Å². The summed E-state index contributed by atoms with van der Waals surface area (Å²) in [5, 5.41) is 10.8. The van der Waals surface area contributed by atoms with Crippen LogP contribution in [0, 0.1) is 6.92 Å². The van der Waals surface area contributed by atoms with E-state index in [1.54, 1.807) is 0 Å². The van der Waals surface area contributed by atoms with E-state index in [1.165, 1.54) is 0 Å². The first-order valence-electron chi connectivity index (χ1n) is 5.24. The van der Waals surface area contributed by atoms with Crippen molar-refractivity contribution < 1.29 is 9.90 Å². The van der Waals surface area contributed by atoms with Gasteiger partial charge in [-0.05, 0) is 37.6 Å². The second kappa shape index (κ2) is 4.06. The van der Waals surface area contributed by atoms with Crippen LogP contribution in [-0.4, -0.2) is 23.7 Å². The molecule has 0 radical (unpaired) electrons. The molecule has 0 fully saturated rings. The summed E-state index contributed by atoms with van der Waals surface area (Å²) >= 11 is 0. The minimum Gasteiger partial charge on any atom is -0.479 e. The van der Waals surface area contributed by atoms with Crippen molar-refractivity contribution in [3.63, 3.8) is 0 Å². The second-order valence-corrected chi connectivity index (χ2v) is 3.95. The van der Waals surface area contributed by atoms with Gasteiger partial charge in [-0.15, -0.1) is 0 Å². The average Bonchev–Trinajstić information content (AvgIpc) is 2.58. The van der Waals surface area contributed by atoms with Crippen molar-refractivity contribution in [3.05, 3.63) is 34.3 Å². The van der Waals surface area contributed by atoms with Crippen LogP contribution < -0.4 is 16.3 Å². The lowest BCUT2D eigenvalue weighted by Gasteiger charge is -2.06. The Kier molecular flexibility index (Phi) is 2.75.